The zero-order valence-electron chi connectivity index (χ0n) is 12.8. The minimum Gasteiger partial charge on any atom is -0.491 e. The predicted octanol–water partition coefficient (Wildman–Crippen LogP) is 2.50. The molecule has 0 aliphatic carbocycles. The van der Waals surface area contributed by atoms with Crippen molar-refractivity contribution in [2.75, 3.05) is 26.3 Å². The lowest BCUT2D eigenvalue weighted by Gasteiger charge is -2.35. The van der Waals surface area contributed by atoms with Gasteiger partial charge in [0, 0.05) is 19.2 Å². The number of aliphatic hydroxyl groups excluding tert-OH is 1. The number of ether oxygens (including phenoxy) is 1. The first-order chi connectivity index (χ1) is 10.2. The zero-order valence-corrected chi connectivity index (χ0v) is 12.8. The van der Waals surface area contributed by atoms with Crippen molar-refractivity contribution < 1.29 is 14.6 Å². The summed E-state index contributed by atoms with van der Waals surface area (Å²) in [6, 6.07) is 7.85. The average molecular weight is 291 g/mol. The van der Waals surface area contributed by atoms with Gasteiger partial charge in [-0.05, 0) is 44.9 Å². The highest BCUT2D eigenvalue weighted by Crippen LogP contribution is 2.21. The van der Waals surface area contributed by atoms with Crippen LogP contribution >= 0.6 is 0 Å². The van der Waals surface area contributed by atoms with Crippen molar-refractivity contribution in [2.24, 2.45) is 0 Å². The molecule has 0 radical (unpaired) electrons. The Morgan fingerprint density at radius 1 is 1.38 bits per heavy atom. The fourth-order valence-corrected chi connectivity index (χ4v) is 2.99. The van der Waals surface area contributed by atoms with Crippen LogP contribution in [0.3, 0.4) is 0 Å². The molecule has 1 saturated heterocycles. The first-order valence-corrected chi connectivity index (χ1v) is 7.80. The largest absolute Gasteiger partial charge is 0.491 e. The second-order valence-electron chi connectivity index (χ2n) is 5.60. The quantitative estimate of drug-likeness (QED) is 0.784. The number of benzene rings is 1. The summed E-state index contributed by atoms with van der Waals surface area (Å²) in [5.41, 5.74) is 0.642. The lowest BCUT2D eigenvalue weighted by molar-refractivity contribution is 0.0977. The van der Waals surface area contributed by atoms with Gasteiger partial charge in [-0.1, -0.05) is 18.6 Å². The van der Waals surface area contributed by atoms with E-state index in [0.29, 0.717) is 24.0 Å². The number of carbonyl (C=O) groups excluding carboxylic acids is 1. The maximum absolute atomic E-state index is 11.6. The van der Waals surface area contributed by atoms with Crippen LogP contribution in [0.15, 0.2) is 24.3 Å². The third kappa shape index (κ3) is 4.55. The molecule has 1 aromatic rings. The van der Waals surface area contributed by atoms with E-state index >= 15 is 0 Å². The summed E-state index contributed by atoms with van der Waals surface area (Å²) in [5.74, 6) is 0.697. The molecule has 4 heteroatoms. The van der Waals surface area contributed by atoms with Gasteiger partial charge >= 0.3 is 0 Å². The van der Waals surface area contributed by atoms with Crippen molar-refractivity contribution in [2.45, 2.75) is 38.6 Å². The molecule has 1 aromatic carbocycles. The van der Waals surface area contributed by atoms with Crippen LogP contribution in [-0.2, 0) is 0 Å². The topological polar surface area (TPSA) is 49.8 Å². The average Bonchev–Trinajstić information content (AvgIpc) is 2.49. The number of Topliss-reactive ketones (excluding diaryl/α,β-unsaturated/α-hetero) is 1. The molecule has 1 heterocycles. The van der Waals surface area contributed by atoms with Crippen LogP contribution in [0.25, 0.3) is 0 Å². The normalized spacial score (nSPS) is 19.4. The zero-order chi connectivity index (χ0) is 15.1. The Balaban J connectivity index is 1.87. The molecule has 1 atom stereocenters. The monoisotopic (exact) mass is 291 g/mol. The second kappa shape index (κ2) is 8.15. The number of nitrogens with zero attached hydrogens (tertiary/aromatic N) is 1. The number of hydrogen-bond donors (Lipinski definition) is 1. The molecule has 0 bridgehead atoms. The smallest absolute Gasteiger partial charge is 0.163 e. The van der Waals surface area contributed by atoms with Crippen LogP contribution < -0.4 is 4.74 Å². The van der Waals surface area contributed by atoms with Crippen LogP contribution in [0.5, 0.6) is 5.75 Å². The molecular formula is C17H25NO3. The number of hydrogen-bond acceptors (Lipinski definition) is 4. The van der Waals surface area contributed by atoms with E-state index in [-0.39, 0.29) is 12.4 Å². The molecular weight excluding hydrogens is 266 g/mol. The second-order valence-corrected chi connectivity index (χ2v) is 5.60. The van der Waals surface area contributed by atoms with Gasteiger partial charge in [-0.2, -0.15) is 0 Å². The van der Waals surface area contributed by atoms with Gasteiger partial charge in [0.1, 0.15) is 12.4 Å². The van der Waals surface area contributed by atoms with E-state index in [4.69, 9.17) is 9.84 Å². The van der Waals surface area contributed by atoms with Gasteiger partial charge in [0.05, 0.1) is 5.56 Å². The lowest BCUT2D eigenvalue weighted by Crippen LogP contribution is -2.42. The summed E-state index contributed by atoms with van der Waals surface area (Å²) in [6.45, 7) is 4.30. The molecule has 0 spiro atoms. The molecule has 116 valence electrons. The summed E-state index contributed by atoms with van der Waals surface area (Å²) in [4.78, 5) is 13.9. The van der Waals surface area contributed by atoms with Crippen LogP contribution in [0.1, 0.15) is 43.0 Å². The highest BCUT2D eigenvalue weighted by Gasteiger charge is 2.21. The molecule has 1 fully saturated rings. The Bertz CT molecular complexity index is 459. The highest BCUT2D eigenvalue weighted by atomic mass is 16.5. The van der Waals surface area contributed by atoms with Crippen molar-refractivity contribution in [3.05, 3.63) is 29.8 Å². The number of piperidine rings is 1. The van der Waals surface area contributed by atoms with Crippen molar-refractivity contribution in [3.63, 3.8) is 0 Å². The van der Waals surface area contributed by atoms with Crippen LogP contribution in [0, 0.1) is 0 Å². The summed E-state index contributed by atoms with van der Waals surface area (Å²) in [5, 5.41) is 9.14. The summed E-state index contributed by atoms with van der Waals surface area (Å²) in [6.07, 6.45) is 4.45. The summed E-state index contributed by atoms with van der Waals surface area (Å²) < 4.78 is 5.80. The van der Waals surface area contributed by atoms with Gasteiger partial charge in [0.25, 0.3) is 0 Å². The van der Waals surface area contributed by atoms with Crippen molar-refractivity contribution in [1.82, 2.24) is 4.90 Å². The van der Waals surface area contributed by atoms with Crippen LogP contribution in [0.4, 0.5) is 0 Å². The Morgan fingerprint density at radius 2 is 2.19 bits per heavy atom. The summed E-state index contributed by atoms with van der Waals surface area (Å²) in [7, 11) is 0. The van der Waals surface area contributed by atoms with E-state index in [1.165, 1.54) is 12.8 Å². The van der Waals surface area contributed by atoms with E-state index in [1.54, 1.807) is 13.0 Å². The molecule has 2 rings (SSSR count). The predicted molar refractivity (Wildman–Crippen MR) is 82.9 cm³/mol. The fraction of sp³-hybridized carbons (Fsp3) is 0.588. The first-order valence-electron chi connectivity index (χ1n) is 7.80. The Hall–Kier alpha value is -1.39. The van der Waals surface area contributed by atoms with Crippen molar-refractivity contribution in [3.8, 4) is 5.75 Å². The van der Waals surface area contributed by atoms with Gasteiger partial charge in [0.15, 0.2) is 5.78 Å². The van der Waals surface area contributed by atoms with Crippen LogP contribution in [-0.4, -0.2) is 48.1 Å². The standard InChI is InChI=1S/C17H25NO3/c1-14(20)16-7-2-3-8-17(16)21-13-11-18-10-5-4-6-15(18)9-12-19/h2-3,7-8,15,19H,4-6,9-13H2,1H3. The Kier molecular flexibility index (Phi) is 6.21. The van der Waals surface area contributed by atoms with Gasteiger partial charge in [-0.15, -0.1) is 0 Å². The fourth-order valence-electron chi connectivity index (χ4n) is 2.99. The van der Waals surface area contributed by atoms with E-state index in [9.17, 15) is 4.79 Å². The molecule has 1 N–H and O–H groups in total. The molecule has 0 saturated carbocycles. The number of para-hydroxylation sites is 1. The van der Waals surface area contributed by atoms with Crippen molar-refractivity contribution in [1.29, 1.82) is 0 Å². The van der Waals surface area contributed by atoms with Gasteiger partial charge < -0.3 is 9.84 Å². The third-order valence-electron chi connectivity index (χ3n) is 4.11. The molecule has 0 aromatic heterocycles. The van der Waals surface area contributed by atoms with E-state index in [1.807, 2.05) is 18.2 Å². The van der Waals surface area contributed by atoms with E-state index < -0.39 is 0 Å². The van der Waals surface area contributed by atoms with E-state index in [2.05, 4.69) is 4.90 Å². The number of carbonyl (C=O) groups is 1. The highest BCUT2D eigenvalue weighted by molar-refractivity contribution is 5.96. The van der Waals surface area contributed by atoms with E-state index in [0.717, 1.165) is 25.9 Å². The number of likely N-dealkylation sites (tertiary alicyclic amines) is 1. The van der Waals surface area contributed by atoms with Crippen molar-refractivity contribution >= 4 is 5.78 Å². The summed E-state index contributed by atoms with van der Waals surface area (Å²) >= 11 is 0. The third-order valence-corrected chi connectivity index (χ3v) is 4.11. The SMILES string of the molecule is CC(=O)c1ccccc1OCCN1CCCCC1CCO. The molecule has 0 amide bonds. The Labute approximate surface area is 126 Å². The Morgan fingerprint density at radius 3 is 2.95 bits per heavy atom. The molecule has 1 aliphatic heterocycles. The lowest BCUT2D eigenvalue weighted by atomic mass is 10.00. The molecule has 1 unspecified atom stereocenters. The molecule has 4 nitrogen and oxygen atoms in total. The molecule has 21 heavy (non-hydrogen) atoms. The minimum atomic E-state index is 0.0294. The molecule has 1 aliphatic rings. The maximum Gasteiger partial charge on any atom is 0.163 e. The van der Waals surface area contributed by atoms with Gasteiger partial charge in [0.2, 0.25) is 0 Å². The number of ketones is 1. The maximum atomic E-state index is 11.6. The van der Waals surface area contributed by atoms with Gasteiger partial charge in [-0.3, -0.25) is 9.69 Å². The first kappa shape index (κ1) is 16.0. The number of rotatable bonds is 7. The number of aliphatic hydroxyl groups is 1. The van der Waals surface area contributed by atoms with Gasteiger partial charge in [-0.25, -0.2) is 0 Å². The van der Waals surface area contributed by atoms with Crippen LogP contribution in [0.2, 0.25) is 0 Å². The minimum absolute atomic E-state index is 0.0294.